The summed E-state index contributed by atoms with van der Waals surface area (Å²) in [5.41, 5.74) is 1.35. The van der Waals surface area contributed by atoms with Crippen molar-refractivity contribution in [2.45, 2.75) is 25.4 Å². The lowest BCUT2D eigenvalue weighted by Gasteiger charge is -2.27. The average Bonchev–Trinajstić information content (AvgIpc) is 3.23. The van der Waals surface area contributed by atoms with E-state index in [1.54, 1.807) is 19.0 Å². The van der Waals surface area contributed by atoms with Crippen molar-refractivity contribution in [2.75, 3.05) is 73.1 Å². The van der Waals surface area contributed by atoms with E-state index in [9.17, 15) is 4.79 Å². The van der Waals surface area contributed by atoms with Crippen molar-refractivity contribution in [1.82, 2.24) is 25.3 Å². The largest absolute Gasteiger partial charge is 0.379 e. The number of morpholine rings is 1. The van der Waals surface area contributed by atoms with E-state index in [0.717, 1.165) is 65.0 Å². The first-order valence-corrected chi connectivity index (χ1v) is 11.4. The molecule has 1 amide bonds. The number of benzene rings is 1. The number of aliphatic imine (C=N–C) groups is 1. The van der Waals surface area contributed by atoms with Gasteiger partial charge in [0.05, 0.1) is 13.2 Å². The number of nitrogens with zero attached hydrogens (tertiary/aromatic N) is 4. The van der Waals surface area contributed by atoms with E-state index in [0.29, 0.717) is 6.04 Å². The molecule has 0 bridgehead atoms. The lowest BCUT2D eigenvalue weighted by atomic mass is 10.2. The van der Waals surface area contributed by atoms with Crippen molar-refractivity contribution < 1.29 is 9.53 Å². The molecule has 2 heterocycles. The smallest absolute Gasteiger partial charge is 0.243 e. The van der Waals surface area contributed by atoms with E-state index in [4.69, 9.17) is 4.74 Å². The number of amides is 1. The third-order valence-corrected chi connectivity index (χ3v) is 5.93. The van der Waals surface area contributed by atoms with Gasteiger partial charge in [0.2, 0.25) is 5.91 Å². The Labute approximate surface area is 209 Å². The first kappa shape index (κ1) is 26.8. The van der Waals surface area contributed by atoms with Gasteiger partial charge in [-0.05, 0) is 24.9 Å². The average molecular weight is 559 g/mol. The zero-order valence-corrected chi connectivity index (χ0v) is 21.8. The van der Waals surface area contributed by atoms with Gasteiger partial charge in [-0.1, -0.05) is 30.3 Å². The lowest BCUT2D eigenvalue weighted by molar-refractivity contribution is -0.127. The summed E-state index contributed by atoms with van der Waals surface area (Å²) < 4.78 is 5.42. The highest BCUT2D eigenvalue weighted by Crippen LogP contribution is 2.19. The minimum Gasteiger partial charge on any atom is -0.379 e. The molecule has 0 radical (unpaired) electrons. The molecule has 1 aromatic carbocycles. The normalized spacial score (nSPS) is 19.9. The fourth-order valence-electron chi connectivity index (χ4n) is 3.99. The monoisotopic (exact) mass is 558 g/mol. The highest BCUT2D eigenvalue weighted by Gasteiger charge is 2.24. The minimum atomic E-state index is 0. The fraction of sp³-hybridized carbons (Fsp3) is 0.652. The summed E-state index contributed by atoms with van der Waals surface area (Å²) in [7, 11) is 3.52. The first-order valence-electron chi connectivity index (χ1n) is 11.4. The Morgan fingerprint density at radius 3 is 2.62 bits per heavy atom. The molecular weight excluding hydrogens is 519 g/mol. The number of likely N-dealkylation sites (N-methyl/N-ethyl adjacent to an activating group) is 1. The van der Waals surface area contributed by atoms with Gasteiger partial charge in [-0.15, -0.1) is 24.0 Å². The molecule has 3 rings (SSSR count). The van der Waals surface area contributed by atoms with Crippen molar-refractivity contribution in [3.05, 3.63) is 35.9 Å². The van der Waals surface area contributed by atoms with Crippen molar-refractivity contribution >= 4 is 35.8 Å². The minimum absolute atomic E-state index is 0. The van der Waals surface area contributed by atoms with Crippen LogP contribution in [0.4, 0.5) is 0 Å². The number of hydrogen-bond donors (Lipinski definition) is 2. The van der Waals surface area contributed by atoms with Gasteiger partial charge in [0.1, 0.15) is 6.54 Å². The molecule has 0 spiro atoms. The lowest BCUT2D eigenvalue weighted by Crippen LogP contribution is -2.47. The molecule has 0 aromatic heterocycles. The van der Waals surface area contributed by atoms with Crippen LogP contribution in [0.5, 0.6) is 0 Å². The van der Waals surface area contributed by atoms with Crippen LogP contribution in [0.15, 0.2) is 35.3 Å². The second-order valence-electron chi connectivity index (χ2n) is 8.47. The number of ether oxygens (including phenoxy) is 1. The predicted molar refractivity (Wildman–Crippen MR) is 140 cm³/mol. The Hall–Kier alpha value is -1.43. The van der Waals surface area contributed by atoms with Gasteiger partial charge in [-0.2, -0.15) is 0 Å². The fourth-order valence-corrected chi connectivity index (χ4v) is 3.99. The Kier molecular flexibility index (Phi) is 12.3. The second kappa shape index (κ2) is 14.7. The molecule has 1 atom stereocenters. The molecule has 8 nitrogen and oxygen atoms in total. The number of carbonyl (C=O) groups is 1. The summed E-state index contributed by atoms with van der Waals surface area (Å²) in [6, 6.07) is 11.1. The van der Waals surface area contributed by atoms with Crippen LogP contribution in [0.2, 0.25) is 0 Å². The van der Waals surface area contributed by atoms with Crippen LogP contribution < -0.4 is 10.6 Å². The van der Waals surface area contributed by atoms with Crippen molar-refractivity contribution in [1.29, 1.82) is 0 Å². The molecule has 1 unspecified atom stereocenters. The van der Waals surface area contributed by atoms with Gasteiger partial charge >= 0.3 is 0 Å². The van der Waals surface area contributed by atoms with Crippen LogP contribution in [0, 0.1) is 0 Å². The molecule has 2 fully saturated rings. The highest BCUT2D eigenvalue weighted by molar-refractivity contribution is 14.0. The molecule has 0 saturated carbocycles. The maximum Gasteiger partial charge on any atom is 0.243 e. The number of carbonyl (C=O) groups excluding carboxylic acids is 1. The number of rotatable bonds is 9. The van der Waals surface area contributed by atoms with E-state index >= 15 is 0 Å². The maximum atomic E-state index is 12.0. The van der Waals surface area contributed by atoms with Crippen LogP contribution in [0.1, 0.15) is 18.4 Å². The van der Waals surface area contributed by atoms with E-state index in [-0.39, 0.29) is 36.4 Å². The molecule has 2 aliphatic rings. The van der Waals surface area contributed by atoms with E-state index in [1.807, 2.05) is 0 Å². The maximum absolute atomic E-state index is 12.0. The topological polar surface area (TPSA) is 72.4 Å². The van der Waals surface area contributed by atoms with Gasteiger partial charge in [-0.3, -0.25) is 14.6 Å². The molecule has 32 heavy (non-hydrogen) atoms. The van der Waals surface area contributed by atoms with Gasteiger partial charge in [0, 0.05) is 59.4 Å². The molecule has 180 valence electrons. The Balaban J connectivity index is 0.00000363. The number of guanidine groups is 1. The number of nitrogens with one attached hydrogen (secondary N) is 2. The van der Waals surface area contributed by atoms with Gasteiger partial charge < -0.3 is 20.3 Å². The summed E-state index contributed by atoms with van der Waals surface area (Å²) in [5.74, 6) is 0.718. The number of hydrogen-bond acceptors (Lipinski definition) is 5. The molecule has 2 N–H and O–H groups in total. The van der Waals surface area contributed by atoms with Crippen molar-refractivity contribution in [3.63, 3.8) is 0 Å². The highest BCUT2D eigenvalue weighted by atomic mass is 127. The van der Waals surface area contributed by atoms with Crippen LogP contribution in [0.3, 0.4) is 0 Å². The van der Waals surface area contributed by atoms with Crippen LogP contribution >= 0.6 is 24.0 Å². The summed E-state index contributed by atoms with van der Waals surface area (Å²) in [5, 5.41) is 6.91. The van der Waals surface area contributed by atoms with Crippen molar-refractivity contribution in [3.8, 4) is 0 Å². The molecule has 2 saturated heterocycles. The predicted octanol–water partition coefficient (Wildman–Crippen LogP) is 1.22. The summed E-state index contributed by atoms with van der Waals surface area (Å²) >= 11 is 0. The summed E-state index contributed by atoms with van der Waals surface area (Å²) in [6.45, 7) is 8.35. The first-order chi connectivity index (χ1) is 15.1. The SMILES string of the molecule is CN(C)C(=O)CN=C(NCCN1CCOCC1)NCC1CCCN1Cc1ccccc1.I. The third-order valence-electron chi connectivity index (χ3n) is 5.93. The van der Waals surface area contributed by atoms with Gasteiger partial charge in [-0.25, -0.2) is 4.99 Å². The van der Waals surface area contributed by atoms with E-state index in [2.05, 4.69) is 55.8 Å². The summed E-state index contributed by atoms with van der Waals surface area (Å²) in [4.78, 5) is 23.1. The van der Waals surface area contributed by atoms with Crippen LogP contribution in [0.25, 0.3) is 0 Å². The van der Waals surface area contributed by atoms with Gasteiger partial charge in [0.15, 0.2) is 5.96 Å². The molecule has 1 aromatic rings. The quantitative estimate of drug-likeness (QED) is 0.270. The van der Waals surface area contributed by atoms with E-state index < -0.39 is 0 Å². The standard InChI is InChI=1S/C23H38N6O2.HI/c1-27(2)22(30)18-26-23(24-10-12-28-13-15-31-16-14-28)25-17-21-9-6-11-29(21)19-20-7-4-3-5-8-20;/h3-5,7-8,21H,6,9-19H2,1-2H3,(H2,24,25,26);1H. The molecule has 0 aliphatic carbocycles. The number of halogens is 1. The zero-order valence-electron chi connectivity index (χ0n) is 19.5. The summed E-state index contributed by atoms with van der Waals surface area (Å²) in [6.07, 6.45) is 2.40. The number of likely N-dealkylation sites (tertiary alicyclic amines) is 1. The van der Waals surface area contributed by atoms with Gasteiger partial charge in [0.25, 0.3) is 0 Å². The Morgan fingerprint density at radius 2 is 1.91 bits per heavy atom. The second-order valence-corrected chi connectivity index (χ2v) is 8.47. The van der Waals surface area contributed by atoms with Crippen LogP contribution in [-0.2, 0) is 16.1 Å². The van der Waals surface area contributed by atoms with E-state index in [1.165, 1.54) is 18.4 Å². The Morgan fingerprint density at radius 1 is 1.16 bits per heavy atom. The third kappa shape index (κ3) is 9.21. The Bertz CT molecular complexity index is 697. The van der Waals surface area contributed by atoms with Crippen molar-refractivity contribution in [2.24, 2.45) is 4.99 Å². The zero-order chi connectivity index (χ0) is 21.9. The van der Waals surface area contributed by atoms with Crippen LogP contribution in [-0.4, -0.2) is 106 Å². The molecule has 2 aliphatic heterocycles. The molecular formula is C23H39IN6O2. The molecule has 9 heteroatoms.